The summed E-state index contributed by atoms with van der Waals surface area (Å²) in [7, 11) is 0. The molecule has 5 nitrogen and oxygen atoms in total. The smallest absolute Gasteiger partial charge is 0.284 e. The highest BCUT2D eigenvalue weighted by Crippen LogP contribution is 2.35. The Hall–Kier alpha value is -1.71. The van der Waals surface area contributed by atoms with Crippen LogP contribution in [0.25, 0.3) is 17.0 Å². The molecular weight excluding hydrogens is 527 g/mol. The summed E-state index contributed by atoms with van der Waals surface area (Å²) in [4.78, 5) is 16.0. The first kappa shape index (κ1) is 21.0. The van der Waals surface area contributed by atoms with Gasteiger partial charge in [0.1, 0.15) is 11.3 Å². The quantitative estimate of drug-likeness (QED) is 0.263. The van der Waals surface area contributed by atoms with E-state index in [1.165, 1.54) is 23.5 Å². The van der Waals surface area contributed by atoms with Gasteiger partial charge in [0.05, 0.1) is 24.0 Å². The number of carbonyl (C=O) groups excluding carboxylic acids is 1. The molecule has 2 heterocycles. The second-order valence-electron chi connectivity index (χ2n) is 5.79. The van der Waals surface area contributed by atoms with E-state index >= 15 is 0 Å². The van der Waals surface area contributed by atoms with E-state index in [9.17, 15) is 18.0 Å². The number of nitrogens with one attached hydrogen (secondary N) is 1. The first-order valence-electron chi connectivity index (χ1n) is 7.78. The zero-order valence-electron chi connectivity index (χ0n) is 14.4. The van der Waals surface area contributed by atoms with Crippen LogP contribution < -0.4 is 5.32 Å². The van der Waals surface area contributed by atoms with Gasteiger partial charge in [-0.25, -0.2) is 17.6 Å². The second-order valence-corrected chi connectivity index (χ2v) is 8.19. The lowest BCUT2D eigenvalue weighted by atomic mass is 10.1. The lowest BCUT2D eigenvalue weighted by Gasteiger charge is -2.10. The van der Waals surface area contributed by atoms with Gasteiger partial charge in [0.25, 0.3) is 5.91 Å². The van der Waals surface area contributed by atoms with Gasteiger partial charge in [-0.3, -0.25) is 9.78 Å². The number of nitrogens with zero attached hydrogens (tertiary/aromatic N) is 3. The molecule has 0 fully saturated rings. The summed E-state index contributed by atoms with van der Waals surface area (Å²) in [5, 5.41) is 6.82. The van der Waals surface area contributed by atoms with Crippen LogP contribution in [-0.2, 0) is 4.79 Å². The highest BCUT2D eigenvalue weighted by molar-refractivity contribution is 14.2. The Morgan fingerprint density at radius 3 is 2.75 bits per heavy atom. The summed E-state index contributed by atoms with van der Waals surface area (Å²) >= 11 is 8.00. The molecule has 0 aliphatic carbocycles. The Labute approximate surface area is 177 Å². The van der Waals surface area contributed by atoms with Crippen LogP contribution in [0.2, 0.25) is 5.15 Å². The monoisotopic (exact) mass is 538 g/mol. The Kier molecular flexibility index (Phi) is 6.26. The van der Waals surface area contributed by atoms with Gasteiger partial charge in [-0.15, -0.1) is 0 Å². The van der Waals surface area contributed by atoms with Gasteiger partial charge in [-0.05, 0) is 48.0 Å². The molecule has 0 bridgehead atoms. The highest BCUT2D eigenvalue weighted by Gasteiger charge is 2.19. The molecule has 0 aliphatic heterocycles. The molecule has 1 N–H and O–H groups in total. The molecule has 3 rings (SSSR count). The molecule has 0 saturated heterocycles. The SMILES string of the molecule is Cc1ncc(F)c(C)c1NC(=O)/C(F)=C/c1ccc2c(Cl)nn(PI)c2c1F. The minimum atomic E-state index is -1.24. The normalized spacial score (nSPS) is 12.3. The topological polar surface area (TPSA) is 59.8 Å². The summed E-state index contributed by atoms with van der Waals surface area (Å²) in [5.41, 5.74) is 0.511. The van der Waals surface area contributed by atoms with Crippen molar-refractivity contribution in [3.63, 3.8) is 0 Å². The Balaban J connectivity index is 1.97. The van der Waals surface area contributed by atoms with Gasteiger partial charge in [0.2, 0.25) is 0 Å². The third-order valence-corrected chi connectivity index (χ3v) is 6.19. The van der Waals surface area contributed by atoms with Crippen molar-refractivity contribution < 1.29 is 18.0 Å². The summed E-state index contributed by atoms with van der Waals surface area (Å²) < 4.78 is 44.3. The molecule has 1 amide bonds. The number of benzene rings is 1. The number of fused-ring (bicyclic) bond motifs is 1. The lowest BCUT2D eigenvalue weighted by molar-refractivity contribution is -0.114. The molecule has 146 valence electrons. The molecular formula is C17H12ClF3IN4OP. The predicted octanol–water partition coefficient (Wildman–Crippen LogP) is 5.72. The fraction of sp³-hybridized carbons (Fsp3) is 0.118. The average molecular weight is 539 g/mol. The van der Waals surface area contributed by atoms with Crippen molar-refractivity contribution in [3.8, 4) is 0 Å². The van der Waals surface area contributed by atoms with Crippen molar-refractivity contribution in [2.24, 2.45) is 0 Å². The minimum Gasteiger partial charge on any atom is -0.318 e. The van der Waals surface area contributed by atoms with E-state index in [0.29, 0.717) is 11.1 Å². The summed E-state index contributed by atoms with van der Waals surface area (Å²) in [6.07, 6.45) is 1.86. The van der Waals surface area contributed by atoms with E-state index in [1.54, 1.807) is 6.92 Å². The predicted molar refractivity (Wildman–Crippen MR) is 114 cm³/mol. The van der Waals surface area contributed by atoms with Gasteiger partial charge in [0, 0.05) is 16.5 Å². The molecule has 3 aromatic rings. The molecule has 0 saturated carbocycles. The summed E-state index contributed by atoms with van der Waals surface area (Å²) in [6, 6.07) is 2.81. The number of rotatable bonds is 4. The summed E-state index contributed by atoms with van der Waals surface area (Å²) in [6.45, 7) is 2.98. The number of aromatic nitrogens is 3. The number of amides is 1. The number of hydrogen-bond donors (Lipinski definition) is 1. The number of anilines is 1. The van der Waals surface area contributed by atoms with Crippen LogP contribution in [0.4, 0.5) is 18.9 Å². The van der Waals surface area contributed by atoms with E-state index in [1.807, 2.05) is 22.0 Å². The maximum absolute atomic E-state index is 14.8. The molecule has 1 atom stereocenters. The largest absolute Gasteiger partial charge is 0.318 e. The standard InChI is InChI=1S/C17H12ClF3IN4OP/c1-7-12(20)6-23-8(2)14(7)24-17(27)11(19)5-9-3-4-10-15(13(9)21)26(28-22)25-16(10)18/h3-6,28H,1-2H3,(H,24,27)/b11-5-. The van der Waals surface area contributed by atoms with Crippen molar-refractivity contribution in [2.75, 3.05) is 5.32 Å². The number of aryl methyl sites for hydroxylation is 1. The Bertz CT molecular complexity index is 1140. The maximum atomic E-state index is 14.8. The average Bonchev–Trinajstić information content (AvgIpc) is 3.00. The lowest BCUT2D eigenvalue weighted by Crippen LogP contribution is -2.15. The van der Waals surface area contributed by atoms with Crippen LogP contribution in [0.3, 0.4) is 0 Å². The van der Waals surface area contributed by atoms with Crippen molar-refractivity contribution in [3.05, 3.63) is 57.8 Å². The first-order chi connectivity index (χ1) is 13.2. The molecule has 1 unspecified atom stereocenters. The van der Waals surface area contributed by atoms with Crippen LogP contribution in [0.15, 0.2) is 24.2 Å². The molecule has 0 radical (unpaired) electrons. The van der Waals surface area contributed by atoms with Crippen LogP contribution in [0.5, 0.6) is 0 Å². The van der Waals surface area contributed by atoms with E-state index in [2.05, 4.69) is 15.4 Å². The number of halogens is 5. The molecule has 28 heavy (non-hydrogen) atoms. The van der Waals surface area contributed by atoms with Gasteiger partial charge in [0.15, 0.2) is 16.8 Å². The molecule has 1 aromatic carbocycles. The zero-order chi connectivity index (χ0) is 20.6. The Morgan fingerprint density at radius 2 is 2.07 bits per heavy atom. The van der Waals surface area contributed by atoms with Gasteiger partial charge >= 0.3 is 0 Å². The van der Waals surface area contributed by atoms with Crippen LogP contribution >= 0.6 is 40.0 Å². The molecule has 11 heteroatoms. The van der Waals surface area contributed by atoms with Crippen molar-refractivity contribution in [2.45, 2.75) is 13.8 Å². The van der Waals surface area contributed by atoms with Gasteiger partial charge < -0.3 is 5.32 Å². The van der Waals surface area contributed by atoms with Crippen LogP contribution in [0.1, 0.15) is 16.8 Å². The van der Waals surface area contributed by atoms with Crippen molar-refractivity contribution >= 4 is 68.6 Å². The highest BCUT2D eigenvalue weighted by atomic mass is 127. The molecule has 0 aliphatic rings. The van der Waals surface area contributed by atoms with Crippen molar-refractivity contribution in [1.82, 2.24) is 14.5 Å². The fourth-order valence-corrected chi connectivity index (χ4v) is 4.36. The number of hydrogen-bond acceptors (Lipinski definition) is 3. The van der Waals surface area contributed by atoms with Gasteiger partial charge in [-0.2, -0.15) is 5.10 Å². The van der Waals surface area contributed by atoms with Gasteiger partial charge in [-0.1, -0.05) is 17.7 Å². The first-order valence-corrected chi connectivity index (χ1v) is 12.2. The zero-order valence-corrected chi connectivity index (χ0v) is 18.4. The van der Waals surface area contributed by atoms with E-state index in [4.69, 9.17) is 11.6 Å². The van der Waals surface area contributed by atoms with Crippen molar-refractivity contribution in [1.29, 1.82) is 0 Å². The van der Waals surface area contributed by atoms with E-state index in [-0.39, 0.29) is 33.9 Å². The van der Waals surface area contributed by atoms with Crippen LogP contribution in [-0.4, -0.2) is 20.4 Å². The van der Waals surface area contributed by atoms with Crippen LogP contribution in [0, 0.1) is 25.5 Å². The van der Waals surface area contributed by atoms with E-state index in [0.717, 1.165) is 12.3 Å². The number of carbonyl (C=O) groups is 1. The third kappa shape index (κ3) is 3.88. The van der Waals surface area contributed by atoms with E-state index < -0.39 is 23.4 Å². The minimum absolute atomic E-state index is 0.0699. The second kappa shape index (κ2) is 8.34. The summed E-state index contributed by atoms with van der Waals surface area (Å²) in [5.74, 6) is -3.76. The Morgan fingerprint density at radius 1 is 1.36 bits per heavy atom. The molecule has 0 spiro atoms. The fourth-order valence-electron chi connectivity index (χ4n) is 2.58. The third-order valence-electron chi connectivity index (χ3n) is 4.05. The number of pyridine rings is 1. The molecule has 2 aromatic heterocycles. The maximum Gasteiger partial charge on any atom is 0.284 e.